The highest BCUT2D eigenvalue weighted by Gasteiger charge is 2.12. The van der Waals surface area contributed by atoms with Crippen molar-refractivity contribution in [3.63, 3.8) is 0 Å². The zero-order chi connectivity index (χ0) is 13.7. The molecule has 0 saturated carbocycles. The third-order valence-electron chi connectivity index (χ3n) is 2.65. The summed E-state index contributed by atoms with van der Waals surface area (Å²) in [4.78, 5) is 10.6. The zero-order valence-corrected chi connectivity index (χ0v) is 10.3. The molecule has 3 rings (SSSR count). The van der Waals surface area contributed by atoms with Crippen molar-refractivity contribution in [2.45, 2.75) is 6.42 Å². The predicted octanol–water partition coefficient (Wildman–Crippen LogP) is 2.35. The Bertz CT molecular complexity index is 546. The molecule has 2 aromatic rings. The van der Waals surface area contributed by atoms with Crippen LogP contribution in [0.1, 0.15) is 11.1 Å². The third-order valence-corrected chi connectivity index (χ3v) is 2.65. The van der Waals surface area contributed by atoms with Crippen LogP contribution in [0.4, 0.5) is 10.1 Å². The number of benzene rings is 2. The van der Waals surface area contributed by atoms with Crippen LogP contribution in [0.5, 0.6) is 0 Å². The number of fused-ring (bicyclic) bond motifs is 1. The Morgan fingerprint density at radius 3 is 2.16 bits per heavy atom. The van der Waals surface area contributed by atoms with E-state index in [2.05, 4.69) is 29.6 Å². The first-order chi connectivity index (χ1) is 9.19. The predicted molar refractivity (Wildman–Crippen MR) is 71.4 cm³/mol. The van der Waals surface area contributed by atoms with Gasteiger partial charge in [-0.1, -0.05) is 24.3 Å². The Labute approximate surface area is 110 Å². The summed E-state index contributed by atoms with van der Waals surface area (Å²) in [6.07, 6.45) is 1.24. The van der Waals surface area contributed by atoms with Gasteiger partial charge in [0, 0.05) is 5.69 Å². The third kappa shape index (κ3) is 4.19. The summed E-state index contributed by atoms with van der Waals surface area (Å²) in [6.45, 7) is -0.572. The molecule has 0 aromatic heterocycles. The van der Waals surface area contributed by atoms with E-state index >= 15 is 0 Å². The number of nitrogens with one attached hydrogen (secondary N) is 1. The lowest BCUT2D eigenvalue weighted by Crippen LogP contribution is -2.15. The lowest BCUT2D eigenvalue weighted by atomic mass is 10.3. The van der Waals surface area contributed by atoms with Crippen molar-refractivity contribution in [3.05, 3.63) is 65.5 Å². The summed E-state index contributed by atoms with van der Waals surface area (Å²) in [5.41, 5.74) is 3.53. The second kappa shape index (κ2) is 6.11. The fourth-order valence-electron chi connectivity index (χ4n) is 1.57. The van der Waals surface area contributed by atoms with Crippen LogP contribution < -0.4 is 5.32 Å². The van der Waals surface area contributed by atoms with Gasteiger partial charge in [-0.05, 0) is 41.8 Å². The molecule has 2 N–H and O–H groups in total. The minimum absolute atomic E-state index is 0.364. The van der Waals surface area contributed by atoms with Gasteiger partial charge in [0.15, 0.2) is 0 Å². The molecule has 19 heavy (non-hydrogen) atoms. The van der Waals surface area contributed by atoms with E-state index in [1.54, 1.807) is 0 Å². The normalized spacial score (nSPS) is 10.8. The van der Waals surface area contributed by atoms with Gasteiger partial charge in [0.2, 0.25) is 5.91 Å². The number of hydrogen-bond donors (Lipinski definition) is 2. The summed E-state index contributed by atoms with van der Waals surface area (Å²) >= 11 is 0. The van der Waals surface area contributed by atoms with E-state index in [9.17, 15) is 9.18 Å². The average Bonchev–Trinajstić information content (AvgIpc) is 3.21. The summed E-state index contributed by atoms with van der Waals surface area (Å²) in [5.74, 6) is -0.876. The molecule has 1 amide bonds. The lowest BCUT2D eigenvalue weighted by Gasteiger charge is -2.01. The molecule has 98 valence electrons. The van der Waals surface area contributed by atoms with Crippen LogP contribution in [0.25, 0.3) is 0 Å². The van der Waals surface area contributed by atoms with Crippen molar-refractivity contribution < 1.29 is 14.3 Å². The van der Waals surface area contributed by atoms with Gasteiger partial charge >= 0.3 is 0 Å². The molecule has 4 heteroatoms. The molecule has 0 fully saturated rings. The SMILES string of the molecule is O=C(CO)Nc1ccc(F)cc1.c1ccc2c(c1)C2. The summed E-state index contributed by atoms with van der Waals surface area (Å²) < 4.78 is 12.3. The molecule has 0 spiro atoms. The minimum Gasteiger partial charge on any atom is -0.387 e. The fourth-order valence-corrected chi connectivity index (χ4v) is 1.57. The number of carbonyl (C=O) groups is 1. The number of aliphatic hydroxyl groups excluding tert-OH is 1. The van der Waals surface area contributed by atoms with E-state index in [0.29, 0.717) is 5.69 Å². The molecule has 0 heterocycles. The molecule has 3 nitrogen and oxygen atoms in total. The summed E-state index contributed by atoms with van der Waals surface area (Å²) in [6, 6.07) is 13.8. The van der Waals surface area contributed by atoms with Gasteiger partial charge in [-0.2, -0.15) is 0 Å². The van der Waals surface area contributed by atoms with Crippen molar-refractivity contribution in [3.8, 4) is 0 Å². The Kier molecular flexibility index (Phi) is 4.26. The van der Waals surface area contributed by atoms with Gasteiger partial charge < -0.3 is 10.4 Å². The number of amides is 1. The minimum atomic E-state index is -0.572. The molecular weight excluding hydrogens is 245 g/mol. The first-order valence-corrected chi connectivity index (χ1v) is 5.92. The first kappa shape index (κ1) is 13.2. The molecule has 0 aliphatic heterocycles. The molecule has 0 atom stereocenters. The van der Waals surface area contributed by atoms with Crippen LogP contribution >= 0.6 is 0 Å². The van der Waals surface area contributed by atoms with E-state index in [0.717, 1.165) is 0 Å². The number of aliphatic hydroxyl groups is 1. The van der Waals surface area contributed by atoms with Gasteiger partial charge in [0.05, 0.1) is 0 Å². The molecule has 1 aliphatic rings. The van der Waals surface area contributed by atoms with Crippen LogP contribution in [-0.2, 0) is 11.2 Å². The number of halogens is 1. The zero-order valence-electron chi connectivity index (χ0n) is 10.3. The number of rotatable bonds is 2. The van der Waals surface area contributed by atoms with Gasteiger partial charge in [-0.3, -0.25) is 4.79 Å². The Morgan fingerprint density at radius 1 is 1.11 bits per heavy atom. The number of hydrogen-bond acceptors (Lipinski definition) is 2. The van der Waals surface area contributed by atoms with E-state index < -0.39 is 12.5 Å². The van der Waals surface area contributed by atoms with Crippen molar-refractivity contribution in [1.29, 1.82) is 0 Å². The highest BCUT2D eigenvalue weighted by molar-refractivity contribution is 5.91. The van der Waals surface area contributed by atoms with Crippen molar-refractivity contribution >= 4 is 11.6 Å². The van der Waals surface area contributed by atoms with Crippen LogP contribution in [0.2, 0.25) is 0 Å². The standard InChI is InChI=1S/C8H8FNO2.C7H6/c9-6-1-3-7(4-2-6)10-8(12)5-11;1-2-4-7-5-6(7)3-1/h1-4,11H,5H2,(H,10,12);1-4H,5H2. The van der Waals surface area contributed by atoms with Crippen molar-refractivity contribution in [2.24, 2.45) is 0 Å². The Morgan fingerprint density at radius 2 is 1.68 bits per heavy atom. The van der Waals surface area contributed by atoms with E-state index in [4.69, 9.17) is 5.11 Å². The number of carbonyl (C=O) groups excluding carboxylic acids is 1. The number of anilines is 1. The fraction of sp³-hybridized carbons (Fsp3) is 0.133. The molecule has 0 bridgehead atoms. The van der Waals surface area contributed by atoms with Crippen molar-refractivity contribution in [1.82, 2.24) is 0 Å². The lowest BCUT2D eigenvalue weighted by molar-refractivity contribution is -0.118. The van der Waals surface area contributed by atoms with Crippen molar-refractivity contribution in [2.75, 3.05) is 11.9 Å². The smallest absolute Gasteiger partial charge is 0.250 e. The van der Waals surface area contributed by atoms with Gasteiger partial charge in [-0.25, -0.2) is 4.39 Å². The molecular formula is C15H14FNO2. The van der Waals surface area contributed by atoms with E-state index in [1.165, 1.54) is 41.8 Å². The quantitative estimate of drug-likeness (QED) is 0.742. The van der Waals surface area contributed by atoms with E-state index in [1.807, 2.05) is 0 Å². The van der Waals surface area contributed by atoms with Gasteiger partial charge in [0.1, 0.15) is 12.4 Å². The van der Waals surface area contributed by atoms with Gasteiger partial charge in [0.25, 0.3) is 0 Å². The second-order valence-corrected chi connectivity index (χ2v) is 4.16. The maximum Gasteiger partial charge on any atom is 0.250 e. The molecule has 2 aromatic carbocycles. The van der Waals surface area contributed by atoms with Crippen LogP contribution in [0.15, 0.2) is 48.5 Å². The highest BCUT2D eigenvalue weighted by Crippen LogP contribution is 2.25. The molecule has 0 unspecified atom stereocenters. The first-order valence-electron chi connectivity index (χ1n) is 5.92. The summed E-state index contributed by atoms with van der Waals surface area (Å²) in [7, 11) is 0. The Balaban J connectivity index is 0.000000159. The largest absolute Gasteiger partial charge is 0.387 e. The monoisotopic (exact) mass is 259 g/mol. The van der Waals surface area contributed by atoms with Crippen LogP contribution in [0, 0.1) is 5.82 Å². The van der Waals surface area contributed by atoms with Gasteiger partial charge in [-0.15, -0.1) is 0 Å². The average molecular weight is 259 g/mol. The molecule has 1 aliphatic carbocycles. The topological polar surface area (TPSA) is 49.3 Å². The van der Waals surface area contributed by atoms with Crippen LogP contribution in [-0.4, -0.2) is 17.6 Å². The molecule has 0 radical (unpaired) electrons. The second-order valence-electron chi connectivity index (χ2n) is 4.16. The molecule has 0 saturated heterocycles. The maximum absolute atomic E-state index is 12.3. The highest BCUT2D eigenvalue weighted by atomic mass is 19.1. The van der Waals surface area contributed by atoms with Crippen LogP contribution in [0.3, 0.4) is 0 Å². The maximum atomic E-state index is 12.3. The van der Waals surface area contributed by atoms with E-state index in [-0.39, 0.29) is 5.82 Å². The Hall–Kier alpha value is -2.20. The summed E-state index contributed by atoms with van der Waals surface area (Å²) in [5, 5.41) is 10.7.